The van der Waals surface area contributed by atoms with Crippen LogP contribution in [0.1, 0.15) is 56.1 Å². The number of guanidine groups is 2. The molecule has 0 amide bonds. The number of aliphatic imine (C=N–C) groups is 2. The molecule has 146 valence electrons. The van der Waals surface area contributed by atoms with E-state index in [-0.39, 0.29) is 16.8 Å². The molecule has 1 aromatic carbocycles. The zero-order chi connectivity index (χ0) is 19.2. The number of hydrogen-bond acceptors (Lipinski definition) is 7. The highest BCUT2D eigenvalue weighted by molar-refractivity contribution is 7.86. The molecule has 4 rings (SSSR count). The fraction of sp³-hybridized carbons (Fsp3) is 0.556. The highest BCUT2D eigenvalue weighted by atomic mass is 32.2. The highest BCUT2D eigenvalue weighted by Gasteiger charge is 2.44. The Morgan fingerprint density at radius 2 is 1.63 bits per heavy atom. The maximum Gasteiger partial charge on any atom is 0.296 e. The van der Waals surface area contributed by atoms with E-state index in [1.165, 1.54) is 0 Å². The number of nitrogens with zero attached hydrogens (tertiary/aromatic N) is 3. The van der Waals surface area contributed by atoms with Gasteiger partial charge in [-0.15, -0.1) is 0 Å². The summed E-state index contributed by atoms with van der Waals surface area (Å²) in [5.74, 6) is 0.224. The maximum atomic E-state index is 12.2. The number of aryl methyl sites for hydroxylation is 2. The molecule has 0 radical (unpaired) electrons. The van der Waals surface area contributed by atoms with Crippen LogP contribution in [-0.2, 0) is 23.0 Å². The van der Waals surface area contributed by atoms with Crippen LogP contribution >= 0.6 is 0 Å². The van der Waals surface area contributed by atoms with Crippen LogP contribution in [0.2, 0.25) is 0 Å². The molecule has 0 aromatic heterocycles. The van der Waals surface area contributed by atoms with E-state index in [0.29, 0.717) is 18.5 Å². The van der Waals surface area contributed by atoms with Crippen LogP contribution in [0.3, 0.4) is 0 Å². The van der Waals surface area contributed by atoms with E-state index in [0.717, 1.165) is 56.1 Å². The second kappa shape index (κ2) is 6.49. The Hall–Kier alpha value is -2.13. The first-order valence-electron chi connectivity index (χ1n) is 9.43. The van der Waals surface area contributed by atoms with Crippen LogP contribution in [0.5, 0.6) is 0 Å². The normalized spacial score (nSPS) is 22.2. The van der Waals surface area contributed by atoms with E-state index < -0.39 is 15.8 Å². The molecule has 3 aliphatic rings. The summed E-state index contributed by atoms with van der Waals surface area (Å²) < 4.78 is 34.4. The first-order chi connectivity index (χ1) is 12.8. The SMILES string of the molecule is NC1=NC2(CCCCC2)N(c2cc3c(cc2S(=O)(=O)O)CCCC3)C(N)=N1. The van der Waals surface area contributed by atoms with Crippen LogP contribution in [-0.4, -0.2) is 30.6 Å². The van der Waals surface area contributed by atoms with Gasteiger partial charge >= 0.3 is 0 Å². The number of benzene rings is 1. The van der Waals surface area contributed by atoms with Crippen LogP contribution in [0, 0.1) is 0 Å². The molecule has 0 bridgehead atoms. The molecule has 1 aliphatic heterocycles. The second-order valence-electron chi connectivity index (χ2n) is 7.59. The van der Waals surface area contributed by atoms with Gasteiger partial charge in [-0.05, 0) is 74.6 Å². The first-order valence-corrected chi connectivity index (χ1v) is 10.9. The van der Waals surface area contributed by atoms with Crippen LogP contribution in [0.15, 0.2) is 27.0 Å². The number of anilines is 1. The number of fused-ring (bicyclic) bond motifs is 1. The number of rotatable bonds is 2. The first kappa shape index (κ1) is 18.2. The van der Waals surface area contributed by atoms with Gasteiger partial charge in [-0.1, -0.05) is 6.42 Å². The fourth-order valence-corrected chi connectivity index (χ4v) is 5.31. The topological polar surface area (TPSA) is 134 Å². The third kappa shape index (κ3) is 3.19. The smallest absolute Gasteiger partial charge is 0.296 e. The molecule has 8 nitrogen and oxygen atoms in total. The lowest BCUT2D eigenvalue weighted by molar-refractivity contribution is 0.304. The Morgan fingerprint density at radius 1 is 1.00 bits per heavy atom. The van der Waals surface area contributed by atoms with Crippen molar-refractivity contribution in [2.24, 2.45) is 21.5 Å². The molecular formula is C18H25N5O3S. The minimum Gasteiger partial charge on any atom is -0.369 e. The Labute approximate surface area is 159 Å². The van der Waals surface area contributed by atoms with Gasteiger partial charge in [-0.2, -0.15) is 13.4 Å². The van der Waals surface area contributed by atoms with Gasteiger partial charge in [0.1, 0.15) is 10.6 Å². The monoisotopic (exact) mass is 391 g/mol. The lowest BCUT2D eigenvalue weighted by atomic mass is 9.86. The summed E-state index contributed by atoms with van der Waals surface area (Å²) in [7, 11) is -4.44. The van der Waals surface area contributed by atoms with Crippen molar-refractivity contribution in [1.82, 2.24) is 0 Å². The molecule has 1 saturated carbocycles. The van der Waals surface area contributed by atoms with Crippen molar-refractivity contribution in [3.8, 4) is 0 Å². The molecule has 2 aliphatic carbocycles. The standard InChI is InChI=1S/C18H25N5O3S/c19-16-21-17(20)23(18(22-16)8-4-1-5-9-18)14-10-12-6-2-3-7-13(12)11-15(14)27(24,25)26/h10-11H,1-9H2,(H,24,25,26)(H4,19,20,21,22). The van der Waals surface area contributed by atoms with Crippen molar-refractivity contribution in [1.29, 1.82) is 0 Å². The summed E-state index contributed by atoms with van der Waals surface area (Å²) in [4.78, 5) is 10.2. The molecule has 0 unspecified atom stereocenters. The third-order valence-corrected chi connectivity index (χ3v) is 6.68. The Balaban J connectivity index is 1.94. The zero-order valence-corrected chi connectivity index (χ0v) is 16.0. The van der Waals surface area contributed by atoms with Crippen LogP contribution < -0.4 is 16.4 Å². The van der Waals surface area contributed by atoms with Crippen molar-refractivity contribution >= 4 is 27.7 Å². The van der Waals surface area contributed by atoms with Crippen LogP contribution in [0.25, 0.3) is 0 Å². The summed E-state index contributed by atoms with van der Waals surface area (Å²) >= 11 is 0. The van der Waals surface area contributed by atoms with Crippen molar-refractivity contribution in [2.45, 2.75) is 68.3 Å². The number of hydrogen-bond donors (Lipinski definition) is 3. The zero-order valence-electron chi connectivity index (χ0n) is 15.2. The summed E-state index contributed by atoms with van der Waals surface area (Å²) in [6, 6.07) is 3.43. The van der Waals surface area contributed by atoms with E-state index in [1.807, 2.05) is 6.07 Å². The summed E-state index contributed by atoms with van der Waals surface area (Å²) in [6.07, 6.45) is 8.09. The third-order valence-electron chi connectivity index (χ3n) is 5.79. The number of nitrogens with two attached hydrogens (primary N) is 2. The Bertz CT molecular complexity index is 933. The average molecular weight is 391 g/mol. The Kier molecular flexibility index (Phi) is 4.38. The maximum absolute atomic E-state index is 12.2. The summed E-state index contributed by atoms with van der Waals surface area (Å²) in [6.45, 7) is 0. The van der Waals surface area contributed by atoms with Gasteiger partial charge < -0.3 is 11.5 Å². The molecule has 0 saturated heterocycles. The van der Waals surface area contributed by atoms with Gasteiger partial charge in [0.2, 0.25) is 11.9 Å². The molecule has 0 atom stereocenters. The van der Waals surface area contributed by atoms with Crippen molar-refractivity contribution < 1.29 is 13.0 Å². The molecule has 1 fully saturated rings. The molecular weight excluding hydrogens is 366 g/mol. The Morgan fingerprint density at radius 3 is 2.26 bits per heavy atom. The van der Waals surface area contributed by atoms with Gasteiger partial charge in [0.15, 0.2) is 0 Å². The van der Waals surface area contributed by atoms with Gasteiger partial charge in [0.05, 0.1) is 5.69 Å². The molecule has 5 N–H and O–H groups in total. The van der Waals surface area contributed by atoms with Crippen LogP contribution in [0.4, 0.5) is 5.69 Å². The minimum absolute atomic E-state index is 0.108. The van der Waals surface area contributed by atoms with Gasteiger partial charge in [-0.3, -0.25) is 9.45 Å². The molecule has 1 spiro atoms. The van der Waals surface area contributed by atoms with E-state index in [2.05, 4.69) is 9.98 Å². The quantitative estimate of drug-likeness (QED) is 0.659. The predicted molar refractivity (Wildman–Crippen MR) is 104 cm³/mol. The molecule has 1 aromatic rings. The summed E-state index contributed by atoms with van der Waals surface area (Å²) in [5, 5.41) is 0. The predicted octanol–water partition coefficient (Wildman–Crippen LogP) is 1.92. The molecule has 27 heavy (non-hydrogen) atoms. The highest BCUT2D eigenvalue weighted by Crippen LogP contribution is 2.43. The summed E-state index contributed by atoms with van der Waals surface area (Å²) in [5.41, 5.74) is 13.8. The van der Waals surface area contributed by atoms with E-state index in [1.54, 1.807) is 11.0 Å². The van der Waals surface area contributed by atoms with E-state index >= 15 is 0 Å². The molecule has 1 heterocycles. The van der Waals surface area contributed by atoms with Crippen molar-refractivity contribution in [3.63, 3.8) is 0 Å². The minimum atomic E-state index is -4.44. The van der Waals surface area contributed by atoms with E-state index in [9.17, 15) is 13.0 Å². The van der Waals surface area contributed by atoms with E-state index in [4.69, 9.17) is 11.5 Å². The van der Waals surface area contributed by atoms with Gasteiger partial charge in [0.25, 0.3) is 10.1 Å². The largest absolute Gasteiger partial charge is 0.369 e. The van der Waals surface area contributed by atoms with Crippen molar-refractivity contribution in [2.75, 3.05) is 4.90 Å². The lowest BCUT2D eigenvalue weighted by Gasteiger charge is -2.46. The van der Waals surface area contributed by atoms with Gasteiger partial charge in [-0.25, -0.2) is 4.99 Å². The van der Waals surface area contributed by atoms with Gasteiger partial charge in [0, 0.05) is 0 Å². The van der Waals surface area contributed by atoms with Crippen molar-refractivity contribution in [3.05, 3.63) is 23.3 Å². The fourth-order valence-electron chi connectivity index (χ4n) is 4.60. The lowest BCUT2D eigenvalue weighted by Crippen LogP contribution is -2.58. The average Bonchev–Trinajstić information content (AvgIpc) is 2.60. The molecule has 9 heteroatoms. The second-order valence-corrected chi connectivity index (χ2v) is 8.98.